The van der Waals surface area contributed by atoms with Crippen molar-refractivity contribution in [1.29, 1.82) is 0 Å². The summed E-state index contributed by atoms with van der Waals surface area (Å²) in [6, 6.07) is 8.51. The Labute approximate surface area is 123 Å². The molecule has 0 bridgehead atoms. The molecule has 0 aliphatic rings. The van der Waals surface area contributed by atoms with Crippen molar-refractivity contribution in [2.24, 2.45) is 0 Å². The molecule has 0 aromatic heterocycles. The lowest BCUT2D eigenvalue weighted by molar-refractivity contribution is -0.116. The number of rotatable bonds is 6. The molecule has 0 unspecified atom stereocenters. The molecular weight excluding hydrogens is 248 g/mol. The molecule has 0 heterocycles. The van der Waals surface area contributed by atoms with E-state index in [0.717, 1.165) is 18.7 Å². The molecule has 20 heavy (non-hydrogen) atoms. The highest BCUT2D eigenvalue weighted by atomic mass is 16.1. The third-order valence-corrected chi connectivity index (χ3v) is 3.14. The van der Waals surface area contributed by atoms with E-state index in [-0.39, 0.29) is 11.3 Å². The summed E-state index contributed by atoms with van der Waals surface area (Å²) in [6.45, 7) is 11.6. The van der Waals surface area contributed by atoms with Crippen molar-refractivity contribution in [3.05, 3.63) is 29.8 Å². The summed E-state index contributed by atoms with van der Waals surface area (Å²) in [5.41, 5.74) is 2.14. The van der Waals surface area contributed by atoms with Gasteiger partial charge in [-0.2, -0.15) is 0 Å². The molecule has 0 aliphatic carbocycles. The van der Waals surface area contributed by atoms with Crippen molar-refractivity contribution in [2.75, 3.05) is 11.9 Å². The highest BCUT2D eigenvalue weighted by molar-refractivity contribution is 5.91. The lowest BCUT2D eigenvalue weighted by Gasteiger charge is -2.23. The van der Waals surface area contributed by atoms with Crippen molar-refractivity contribution >= 4 is 11.6 Å². The van der Waals surface area contributed by atoms with Gasteiger partial charge in [-0.3, -0.25) is 4.79 Å². The van der Waals surface area contributed by atoms with E-state index in [1.807, 2.05) is 18.2 Å². The summed E-state index contributed by atoms with van der Waals surface area (Å²) in [6.07, 6.45) is 1.42. The van der Waals surface area contributed by atoms with Gasteiger partial charge in [0.1, 0.15) is 0 Å². The normalized spacial score (nSPS) is 11.7. The van der Waals surface area contributed by atoms with E-state index < -0.39 is 0 Å². The smallest absolute Gasteiger partial charge is 0.224 e. The standard InChI is InChI=1S/C17H28N2O/c1-13(2)18-12-8-11-16(20)19-15-10-7-6-9-14(15)17(3,4)5/h6-7,9-10,13,18H,8,11-12H2,1-5H3,(H,19,20). The first-order valence-electron chi connectivity index (χ1n) is 7.43. The van der Waals surface area contributed by atoms with Crippen LogP contribution in [0.25, 0.3) is 0 Å². The van der Waals surface area contributed by atoms with Crippen molar-refractivity contribution in [2.45, 2.75) is 58.9 Å². The van der Waals surface area contributed by atoms with Crippen LogP contribution in [-0.2, 0) is 10.2 Å². The largest absolute Gasteiger partial charge is 0.326 e. The summed E-state index contributed by atoms with van der Waals surface area (Å²) >= 11 is 0. The van der Waals surface area contributed by atoms with Gasteiger partial charge in [-0.25, -0.2) is 0 Å². The Morgan fingerprint density at radius 2 is 1.85 bits per heavy atom. The molecule has 0 atom stereocenters. The van der Waals surface area contributed by atoms with Gasteiger partial charge in [0.15, 0.2) is 0 Å². The minimum Gasteiger partial charge on any atom is -0.326 e. The fourth-order valence-electron chi connectivity index (χ4n) is 2.10. The highest BCUT2D eigenvalue weighted by Crippen LogP contribution is 2.29. The van der Waals surface area contributed by atoms with Crippen molar-refractivity contribution in [1.82, 2.24) is 5.32 Å². The molecule has 1 aromatic rings. The molecule has 0 saturated heterocycles. The molecule has 3 nitrogen and oxygen atoms in total. The third-order valence-electron chi connectivity index (χ3n) is 3.14. The van der Waals surface area contributed by atoms with Crippen molar-refractivity contribution in [3.8, 4) is 0 Å². The van der Waals surface area contributed by atoms with Crippen LogP contribution in [-0.4, -0.2) is 18.5 Å². The molecule has 1 rings (SSSR count). The van der Waals surface area contributed by atoms with Crippen LogP contribution in [0.5, 0.6) is 0 Å². The summed E-state index contributed by atoms with van der Waals surface area (Å²) < 4.78 is 0. The number of anilines is 1. The van der Waals surface area contributed by atoms with Gasteiger partial charge in [0, 0.05) is 18.2 Å². The maximum Gasteiger partial charge on any atom is 0.224 e. The van der Waals surface area contributed by atoms with Crippen LogP contribution in [0.1, 0.15) is 53.0 Å². The van der Waals surface area contributed by atoms with Crippen molar-refractivity contribution in [3.63, 3.8) is 0 Å². The molecule has 112 valence electrons. The summed E-state index contributed by atoms with van der Waals surface area (Å²) in [5.74, 6) is 0.0901. The van der Waals surface area contributed by atoms with E-state index >= 15 is 0 Å². The number of nitrogens with one attached hydrogen (secondary N) is 2. The predicted molar refractivity (Wildman–Crippen MR) is 86.1 cm³/mol. The molecule has 0 spiro atoms. The van der Waals surface area contributed by atoms with Gasteiger partial charge in [0.25, 0.3) is 0 Å². The second kappa shape index (κ2) is 7.44. The van der Waals surface area contributed by atoms with Crippen LogP contribution in [0.15, 0.2) is 24.3 Å². The zero-order valence-electron chi connectivity index (χ0n) is 13.4. The topological polar surface area (TPSA) is 41.1 Å². The van der Waals surface area contributed by atoms with Gasteiger partial charge >= 0.3 is 0 Å². The molecule has 0 aliphatic heterocycles. The summed E-state index contributed by atoms with van der Waals surface area (Å²) in [7, 11) is 0. The summed E-state index contributed by atoms with van der Waals surface area (Å²) in [4.78, 5) is 12.0. The van der Waals surface area contributed by atoms with E-state index in [9.17, 15) is 4.79 Å². The predicted octanol–water partition coefficient (Wildman–Crippen LogP) is 3.70. The zero-order valence-corrected chi connectivity index (χ0v) is 13.4. The van der Waals surface area contributed by atoms with E-state index in [1.54, 1.807) is 0 Å². The molecule has 2 N–H and O–H groups in total. The first kappa shape index (κ1) is 16.7. The fourth-order valence-corrected chi connectivity index (χ4v) is 2.10. The minimum absolute atomic E-state index is 0.0308. The first-order valence-corrected chi connectivity index (χ1v) is 7.43. The molecule has 3 heteroatoms. The van der Waals surface area contributed by atoms with Gasteiger partial charge in [0.05, 0.1) is 0 Å². The quantitative estimate of drug-likeness (QED) is 0.778. The van der Waals surface area contributed by atoms with Crippen LogP contribution in [0.4, 0.5) is 5.69 Å². The van der Waals surface area contributed by atoms with Crippen LogP contribution in [0, 0.1) is 0 Å². The van der Waals surface area contributed by atoms with Gasteiger partial charge < -0.3 is 10.6 Å². The lowest BCUT2D eigenvalue weighted by Crippen LogP contribution is -2.25. The number of carbonyl (C=O) groups excluding carboxylic acids is 1. The van der Waals surface area contributed by atoms with Gasteiger partial charge in [-0.05, 0) is 30.0 Å². The second-order valence-corrected chi connectivity index (χ2v) is 6.56. The Hall–Kier alpha value is -1.35. The first-order chi connectivity index (χ1) is 9.30. The number of carbonyl (C=O) groups is 1. The Morgan fingerprint density at radius 1 is 1.20 bits per heavy atom. The summed E-state index contributed by atoms with van der Waals surface area (Å²) in [5, 5.41) is 6.36. The van der Waals surface area contributed by atoms with E-state index in [1.165, 1.54) is 5.56 Å². The van der Waals surface area contributed by atoms with E-state index in [2.05, 4.69) is 51.3 Å². The molecule has 0 saturated carbocycles. The lowest BCUT2D eigenvalue weighted by atomic mass is 9.86. The average molecular weight is 276 g/mol. The number of para-hydroxylation sites is 1. The van der Waals surface area contributed by atoms with Crippen molar-refractivity contribution < 1.29 is 4.79 Å². The zero-order chi connectivity index (χ0) is 15.2. The molecule has 0 fully saturated rings. The fraction of sp³-hybridized carbons (Fsp3) is 0.588. The Morgan fingerprint density at radius 3 is 2.45 bits per heavy atom. The van der Waals surface area contributed by atoms with Gasteiger partial charge in [0.2, 0.25) is 5.91 Å². The van der Waals surface area contributed by atoms with Gasteiger partial charge in [-0.15, -0.1) is 0 Å². The number of hydrogen-bond donors (Lipinski definition) is 2. The van der Waals surface area contributed by atoms with Gasteiger partial charge in [-0.1, -0.05) is 52.8 Å². The Bertz CT molecular complexity index is 433. The molecule has 0 radical (unpaired) electrons. The SMILES string of the molecule is CC(C)NCCCC(=O)Nc1ccccc1C(C)(C)C. The molecule has 1 aromatic carbocycles. The van der Waals surface area contributed by atoms with E-state index in [0.29, 0.717) is 12.5 Å². The number of amides is 1. The highest BCUT2D eigenvalue weighted by Gasteiger charge is 2.18. The maximum absolute atomic E-state index is 12.0. The maximum atomic E-state index is 12.0. The molecule has 1 amide bonds. The van der Waals surface area contributed by atoms with Crippen LogP contribution < -0.4 is 10.6 Å². The average Bonchev–Trinajstić information content (AvgIpc) is 2.34. The van der Waals surface area contributed by atoms with Crippen LogP contribution >= 0.6 is 0 Å². The van der Waals surface area contributed by atoms with E-state index in [4.69, 9.17) is 0 Å². The third kappa shape index (κ3) is 5.74. The van der Waals surface area contributed by atoms with Crippen LogP contribution in [0.3, 0.4) is 0 Å². The molecular formula is C17H28N2O. The number of benzene rings is 1. The Kier molecular flexibility index (Phi) is 6.21. The monoisotopic (exact) mass is 276 g/mol. The second-order valence-electron chi connectivity index (χ2n) is 6.56. The minimum atomic E-state index is 0.0308. The Balaban J connectivity index is 2.54. The van der Waals surface area contributed by atoms with Crippen LogP contribution in [0.2, 0.25) is 0 Å². The number of hydrogen-bond acceptors (Lipinski definition) is 2.